The number of halogens is 1. The minimum Gasteiger partial charge on any atom is -0.493 e. The van der Waals surface area contributed by atoms with Crippen LogP contribution in [0.2, 0.25) is 0 Å². The van der Waals surface area contributed by atoms with Gasteiger partial charge in [0.25, 0.3) is 0 Å². The van der Waals surface area contributed by atoms with Gasteiger partial charge in [-0.05, 0) is 45.8 Å². The molecule has 2 nitrogen and oxygen atoms in total. The van der Waals surface area contributed by atoms with Crippen LogP contribution in [0.3, 0.4) is 0 Å². The summed E-state index contributed by atoms with van der Waals surface area (Å²) in [6.45, 7) is 1.40. The van der Waals surface area contributed by atoms with E-state index in [4.69, 9.17) is 9.47 Å². The van der Waals surface area contributed by atoms with E-state index in [2.05, 4.69) is 78.4 Å². The Hall–Kier alpha value is -2.04. The van der Waals surface area contributed by atoms with Crippen molar-refractivity contribution in [3.63, 3.8) is 0 Å². The van der Waals surface area contributed by atoms with Gasteiger partial charge in [-0.3, -0.25) is 0 Å². The summed E-state index contributed by atoms with van der Waals surface area (Å²) in [5.74, 6) is 0.962. The maximum atomic E-state index is 6.33. The van der Waals surface area contributed by atoms with Gasteiger partial charge in [0.1, 0.15) is 13.6 Å². The molecular weight excluding hydrogens is 399 g/mol. The molecule has 0 spiro atoms. The van der Waals surface area contributed by atoms with Gasteiger partial charge in [-0.15, -0.1) is 0 Å². The first-order chi connectivity index (χ1) is 13.2. The first-order valence-corrected chi connectivity index (χ1v) is 10.3. The van der Waals surface area contributed by atoms with E-state index < -0.39 is 0 Å². The Balaban J connectivity index is 1.93. The van der Waals surface area contributed by atoms with Crippen LogP contribution in [-0.4, -0.2) is 27.2 Å². The first kappa shape index (κ1) is 17.1. The minimum absolute atomic E-state index is 0.0647. The van der Waals surface area contributed by atoms with Crippen LogP contribution in [0.15, 0.2) is 53.0 Å². The van der Waals surface area contributed by atoms with Crippen molar-refractivity contribution in [3.05, 3.63) is 69.0 Å². The molecule has 1 aliphatic carbocycles. The van der Waals surface area contributed by atoms with Crippen molar-refractivity contribution >= 4 is 51.7 Å². The van der Waals surface area contributed by atoms with E-state index in [0.717, 1.165) is 29.7 Å². The number of hydrogen-bond donors (Lipinski definition) is 0. The van der Waals surface area contributed by atoms with Gasteiger partial charge in [0.15, 0.2) is 0 Å². The third-order valence-electron chi connectivity index (χ3n) is 5.45. The lowest BCUT2D eigenvalue weighted by Gasteiger charge is -2.25. The molecule has 0 aromatic heterocycles. The second-order valence-corrected chi connectivity index (χ2v) is 8.23. The molecule has 3 aromatic carbocycles. The quantitative estimate of drug-likeness (QED) is 0.522. The zero-order valence-electron chi connectivity index (χ0n) is 15.3. The summed E-state index contributed by atoms with van der Waals surface area (Å²) in [6.07, 6.45) is 4.19. The summed E-state index contributed by atoms with van der Waals surface area (Å²) in [5.41, 5.74) is 3.73. The van der Waals surface area contributed by atoms with Crippen molar-refractivity contribution < 1.29 is 9.47 Å². The molecule has 0 fully saturated rings. The van der Waals surface area contributed by atoms with E-state index in [-0.39, 0.29) is 6.10 Å². The molecule has 0 bridgehead atoms. The molecule has 4 heteroatoms. The molecule has 0 N–H and O–H groups in total. The average molecular weight is 419 g/mol. The van der Waals surface area contributed by atoms with E-state index in [9.17, 15) is 0 Å². The third-order valence-corrected chi connectivity index (χ3v) is 5.94. The van der Waals surface area contributed by atoms with Crippen LogP contribution in [-0.2, 0) is 4.74 Å². The maximum Gasteiger partial charge on any atom is 0.139 e. The fourth-order valence-corrected chi connectivity index (χ4v) is 4.59. The summed E-state index contributed by atoms with van der Waals surface area (Å²) in [5, 5.41) is 4.98. The van der Waals surface area contributed by atoms with Crippen molar-refractivity contribution in [2.75, 3.05) is 13.2 Å². The van der Waals surface area contributed by atoms with Crippen LogP contribution in [0, 0.1) is 0 Å². The Bertz CT molecular complexity index is 1170. The lowest BCUT2D eigenvalue weighted by molar-refractivity contribution is 0.0869. The average Bonchev–Trinajstić information content (AvgIpc) is 2.76. The van der Waals surface area contributed by atoms with Crippen LogP contribution in [0.1, 0.15) is 18.4 Å². The molecule has 0 saturated carbocycles. The minimum atomic E-state index is 0.0647. The molecular formula is C23H20BBrO2. The van der Waals surface area contributed by atoms with Crippen LogP contribution >= 0.6 is 15.9 Å². The number of fused-ring (bicyclic) bond motifs is 6. The molecule has 5 rings (SSSR count). The monoisotopic (exact) mass is 418 g/mol. The van der Waals surface area contributed by atoms with Gasteiger partial charge in [0.05, 0.1) is 19.3 Å². The Kier molecular flexibility index (Phi) is 4.33. The van der Waals surface area contributed by atoms with Crippen molar-refractivity contribution in [2.45, 2.75) is 18.9 Å². The van der Waals surface area contributed by atoms with Gasteiger partial charge in [-0.1, -0.05) is 57.8 Å². The van der Waals surface area contributed by atoms with Crippen molar-refractivity contribution in [1.29, 1.82) is 0 Å². The van der Waals surface area contributed by atoms with Gasteiger partial charge >= 0.3 is 0 Å². The van der Waals surface area contributed by atoms with Gasteiger partial charge in [-0.2, -0.15) is 0 Å². The predicted molar refractivity (Wildman–Crippen MR) is 117 cm³/mol. The largest absolute Gasteiger partial charge is 0.493 e. The highest BCUT2D eigenvalue weighted by Crippen LogP contribution is 2.38. The topological polar surface area (TPSA) is 18.5 Å². The molecule has 3 aromatic rings. The predicted octanol–water partition coefficient (Wildman–Crippen LogP) is 2.41. The van der Waals surface area contributed by atoms with Gasteiger partial charge in [0, 0.05) is 22.0 Å². The van der Waals surface area contributed by atoms with Gasteiger partial charge in [0.2, 0.25) is 0 Å². The van der Waals surface area contributed by atoms with E-state index in [1.165, 1.54) is 37.8 Å². The molecule has 1 heterocycles. The molecule has 1 aliphatic heterocycles. The van der Waals surface area contributed by atoms with E-state index >= 15 is 0 Å². The second kappa shape index (κ2) is 6.85. The van der Waals surface area contributed by atoms with Gasteiger partial charge < -0.3 is 9.47 Å². The number of benzene rings is 3. The van der Waals surface area contributed by atoms with Crippen molar-refractivity contribution in [1.82, 2.24) is 0 Å². The Morgan fingerprint density at radius 2 is 1.93 bits per heavy atom. The fraction of sp³-hybridized carbons (Fsp3) is 0.217. The highest BCUT2D eigenvalue weighted by atomic mass is 79.9. The normalized spacial score (nSPS) is 18.9. The third kappa shape index (κ3) is 3.01. The summed E-state index contributed by atoms with van der Waals surface area (Å²) >= 11 is 3.60. The fourth-order valence-electron chi connectivity index (χ4n) is 4.21. The zero-order chi connectivity index (χ0) is 18.4. The summed E-state index contributed by atoms with van der Waals surface area (Å²) in [6, 6.07) is 17.4. The molecule has 2 aliphatic rings. The highest BCUT2D eigenvalue weighted by molar-refractivity contribution is 9.10. The molecule has 134 valence electrons. The smallest absolute Gasteiger partial charge is 0.139 e. The molecule has 1 atom stereocenters. The number of hydrogen-bond acceptors (Lipinski definition) is 2. The summed E-state index contributed by atoms with van der Waals surface area (Å²) < 4.78 is 13.6. The Morgan fingerprint density at radius 3 is 2.85 bits per heavy atom. The number of rotatable bonds is 0. The molecule has 0 amide bonds. The number of ether oxygens (including phenoxy) is 2. The summed E-state index contributed by atoms with van der Waals surface area (Å²) in [7, 11) is 2.15. The lowest BCUT2D eigenvalue weighted by atomic mass is 9.85. The Morgan fingerprint density at radius 1 is 1.00 bits per heavy atom. The molecule has 27 heavy (non-hydrogen) atoms. The maximum absolute atomic E-state index is 6.33. The first-order valence-electron chi connectivity index (χ1n) is 9.49. The standard InChI is InChI=1S/C23H20BBrO2/c24-16-4-6-18-14(12-16)2-8-20-22(18)23-19-7-5-17(25)13-15(19)3-9-21(23)27-11-1-10-26-20/h2-7,9,12-13,20H,1,8,10-11,24H2/t20-/m0/s1. The lowest BCUT2D eigenvalue weighted by Crippen LogP contribution is -2.38. The Labute approximate surface area is 168 Å². The molecule has 0 unspecified atom stereocenters. The SMILES string of the molecule is Bc1ccc2c(c1)=CC[C@@H]1OCCCOc3ccc4cc(Br)ccc4c3C=21. The van der Waals surface area contributed by atoms with E-state index in [1.54, 1.807) is 0 Å². The second-order valence-electron chi connectivity index (χ2n) is 7.31. The van der Waals surface area contributed by atoms with Crippen molar-refractivity contribution in [3.8, 4) is 5.75 Å². The zero-order valence-corrected chi connectivity index (χ0v) is 16.9. The van der Waals surface area contributed by atoms with Crippen LogP contribution < -0.4 is 20.6 Å². The van der Waals surface area contributed by atoms with Crippen LogP contribution in [0.5, 0.6) is 5.75 Å². The van der Waals surface area contributed by atoms with Crippen LogP contribution in [0.25, 0.3) is 22.4 Å². The van der Waals surface area contributed by atoms with Gasteiger partial charge in [-0.25, -0.2) is 0 Å². The van der Waals surface area contributed by atoms with E-state index in [1.807, 2.05) is 0 Å². The highest BCUT2D eigenvalue weighted by Gasteiger charge is 2.26. The summed E-state index contributed by atoms with van der Waals surface area (Å²) in [4.78, 5) is 0. The molecule has 0 saturated heterocycles. The van der Waals surface area contributed by atoms with E-state index in [0.29, 0.717) is 6.61 Å². The van der Waals surface area contributed by atoms with Crippen molar-refractivity contribution in [2.24, 2.45) is 0 Å². The van der Waals surface area contributed by atoms with Crippen LogP contribution in [0.4, 0.5) is 0 Å². The molecule has 0 radical (unpaired) electrons.